The van der Waals surface area contributed by atoms with Crippen LogP contribution in [0.4, 0.5) is 4.39 Å². The molecule has 2 aliphatic rings. The lowest BCUT2D eigenvalue weighted by Gasteiger charge is -2.39. The first kappa shape index (κ1) is 12.6. The fourth-order valence-electron chi connectivity index (χ4n) is 3.50. The van der Waals surface area contributed by atoms with Gasteiger partial charge >= 0.3 is 0 Å². The Balaban J connectivity index is 1.66. The summed E-state index contributed by atoms with van der Waals surface area (Å²) in [5.41, 5.74) is 0.717. The number of carbonyl (C=O) groups is 1. The van der Waals surface area contributed by atoms with Crippen molar-refractivity contribution in [1.82, 2.24) is 9.88 Å². The molecule has 1 saturated heterocycles. The molecule has 0 aromatic carbocycles. The van der Waals surface area contributed by atoms with Crippen LogP contribution in [0.1, 0.15) is 49.0 Å². The topological polar surface area (TPSA) is 33.2 Å². The number of carbonyl (C=O) groups excluding carboxylic acids is 1. The van der Waals surface area contributed by atoms with Crippen LogP contribution in [-0.2, 0) is 0 Å². The predicted molar refractivity (Wildman–Crippen MR) is 70.2 cm³/mol. The minimum atomic E-state index is -0.588. The fourth-order valence-corrected chi connectivity index (χ4v) is 3.50. The third-order valence-corrected chi connectivity index (χ3v) is 4.71. The van der Waals surface area contributed by atoms with E-state index >= 15 is 0 Å². The molecule has 1 aliphatic carbocycles. The van der Waals surface area contributed by atoms with E-state index in [1.807, 2.05) is 4.90 Å². The van der Waals surface area contributed by atoms with Crippen molar-refractivity contribution in [2.45, 2.75) is 38.5 Å². The van der Waals surface area contributed by atoms with Crippen LogP contribution in [0.15, 0.2) is 18.2 Å². The molecule has 1 amide bonds. The number of amides is 1. The summed E-state index contributed by atoms with van der Waals surface area (Å²) in [5.74, 6) is -0.720. The van der Waals surface area contributed by atoms with Gasteiger partial charge < -0.3 is 4.90 Å². The van der Waals surface area contributed by atoms with Crippen LogP contribution in [-0.4, -0.2) is 28.9 Å². The molecular formula is C15H19FN2O. The molecule has 4 heteroatoms. The van der Waals surface area contributed by atoms with Gasteiger partial charge in [0.25, 0.3) is 5.91 Å². The number of likely N-dealkylation sites (tertiary alicyclic amines) is 1. The smallest absolute Gasteiger partial charge is 0.272 e. The largest absolute Gasteiger partial charge is 0.337 e. The van der Waals surface area contributed by atoms with Crippen molar-refractivity contribution >= 4 is 5.91 Å². The summed E-state index contributed by atoms with van der Waals surface area (Å²) >= 11 is 0. The first-order valence-corrected chi connectivity index (χ1v) is 7.10. The van der Waals surface area contributed by atoms with Crippen LogP contribution in [0.3, 0.4) is 0 Å². The molecule has 0 unspecified atom stereocenters. The van der Waals surface area contributed by atoms with E-state index in [0.29, 0.717) is 5.41 Å². The maximum atomic E-state index is 13.1. The molecule has 3 nitrogen and oxygen atoms in total. The highest BCUT2D eigenvalue weighted by molar-refractivity contribution is 5.92. The minimum absolute atomic E-state index is 0.132. The Morgan fingerprint density at radius 1 is 1.16 bits per heavy atom. The second kappa shape index (κ2) is 4.91. The Hall–Kier alpha value is -1.45. The lowest BCUT2D eigenvalue weighted by molar-refractivity contribution is 0.0580. The van der Waals surface area contributed by atoms with E-state index in [9.17, 15) is 9.18 Å². The van der Waals surface area contributed by atoms with Gasteiger partial charge in [0.05, 0.1) is 0 Å². The number of pyridine rings is 1. The molecule has 1 spiro atoms. The number of hydrogen-bond acceptors (Lipinski definition) is 2. The number of rotatable bonds is 1. The van der Waals surface area contributed by atoms with Gasteiger partial charge in [0.15, 0.2) is 0 Å². The van der Waals surface area contributed by atoms with Gasteiger partial charge in [-0.15, -0.1) is 0 Å². The van der Waals surface area contributed by atoms with Crippen LogP contribution in [0.2, 0.25) is 0 Å². The normalized spacial score (nSPS) is 21.8. The van der Waals surface area contributed by atoms with Crippen LogP contribution in [0, 0.1) is 11.4 Å². The van der Waals surface area contributed by atoms with Gasteiger partial charge in [0.2, 0.25) is 5.95 Å². The van der Waals surface area contributed by atoms with Crippen molar-refractivity contribution in [3.63, 3.8) is 0 Å². The maximum absolute atomic E-state index is 13.1. The van der Waals surface area contributed by atoms with Crippen LogP contribution in [0.25, 0.3) is 0 Å². The zero-order valence-electron chi connectivity index (χ0n) is 11.1. The number of halogens is 1. The van der Waals surface area contributed by atoms with E-state index in [4.69, 9.17) is 0 Å². The molecule has 1 aliphatic heterocycles. The minimum Gasteiger partial charge on any atom is -0.337 e. The van der Waals surface area contributed by atoms with Gasteiger partial charge in [0.1, 0.15) is 5.69 Å². The van der Waals surface area contributed by atoms with Crippen molar-refractivity contribution < 1.29 is 9.18 Å². The molecule has 2 heterocycles. The first-order chi connectivity index (χ1) is 9.19. The zero-order chi connectivity index (χ0) is 13.3. The average molecular weight is 262 g/mol. The molecule has 0 atom stereocenters. The average Bonchev–Trinajstić information content (AvgIpc) is 2.87. The highest BCUT2D eigenvalue weighted by Gasteiger charge is 2.38. The van der Waals surface area contributed by atoms with Gasteiger partial charge in [-0.1, -0.05) is 18.9 Å². The van der Waals surface area contributed by atoms with E-state index in [0.717, 1.165) is 25.9 Å². The Morgan fingerprint density at radius 2 is 1.84 bits per heavy atom. The van der Waals surface area contributed by atoms with Crippen molar-refractivity contribution in [3.8, 4) is 0 Å². The molecule has 1 saturated carbocycles. The molecule has 1 aromatic rings. The maximum Gasteiger partial charge on any atom is 0.272 e. The van der Waals surface area contributed by atoms with Crippen LogP contribution < -0.4 is 0 Å². The number of piperidine rings is 1. The van der Waals surface area contributed by atoms with Crippen molar-refractivity contribution in [1.29, 1.82) is 0 Å². The highest BCUT2D eigenvalue weighted by Crippen LogP contribution is 2.46. The third kappa shape index (κ3) is 2.48. The molecule has 19 heavy (non-hydrogen) atoms. The first-order valence-electron chi connectivity index (χ1n) is 7.10. The summed E-state index contributed by atoms with van der Waals surface area (Å²) in [7, 11) is 0. The van der Waals surface area contributed by atoms with Crippen LogP contribution >= 0.6 is 0 Å². The van der Waals surface area contributed by atoms with Gasteiger partial charge in [-0.3, -0.25) is 4.79 Å². The molecule has 2 fully saturated rings. The fraction of sp³-hybridized carbons (Fsp3) is 0.600. The van der Waals surface area contributed by atoms with Gasteiger partial charge in [-0.2, -0.15) is 4.39 Å². The standard InChI is InChI=1S/C15H19FN2O/c16-13-5-3-4-12(17-13)14(19)18-10-8-15(9-11-18)6-1-2-7-15/h3-5H,1-2,6-11H2. The monoisotopic (exact) mass is 262 g/mol. The predicted octanol–water partition coefficient (Wildman–Crippen LogP) is 3.02. The lowest BCUT2D eigenvalue weighted by Crippen LogP contribution is -2.42. The van der Waals surface area contributed by atoms with Crippen molar-refractivity contribution in [2.75, 3.05) is 13.1 Å². The molecule has 1 aromatic heterocycles. The number of nitrogens with zero attached hydrogens (tertiary/aromatic N) is 2. The Bertz CT molecular complexity index is 473. The molecule has 0 radical (unpaired) electrons. The Labute approximate surface area is 112 Å². The Morgan fingerprint density at radius 3 is 2.47 bits per heavy atom. The SMILES string of the molecule is O=C(c1cccc(F)n1)N1CCC2(CCCC2)CC1. The molecule has 3 rings (SSSR count). The highest BCUT2D eigenvalue weighted by atomic mass is 19.1. The lowest BCUT2D eigenvalue weighted by atomic mass is 9.77. The second-order valence-electron chi connectivity index (χ2n) is 5.84. The van der Waals surface area contributed by atoms with Gasteiger partial charge in [-0.25, -0.2) is 4.98 Å². The van der Waals surface area contributed by atoms with E-state index in [1.54, 1.807) is 6.07 Å². The number of hydrogen-bond donors (Lipinski definition) is 0. The van der Waals surface area contributed by atoms with E-state index in [1.165, 1.54) is 37.8 Å². The third-order valence-electron chi connectivity index (χ3n) is 4.71. The molecule has 0 N–H and O–H groups in total. The van der Waals surface area contributed by atoms with E-state index < -0.39 is 5.95 Å². The van der Waals surface area contributed by atoms with E-state index in [2.05, 4.69) is 4.98 Å². The Kier molecular flexibility index (Phi) is 3.25. The molecular weight excluding hydrogens is 243 g/mol. The van der Waals surface area contributed by atoms with Crippen molar-refractivity contribution in [2.24, 2.45) is 5.41 Å². The van der Waals surface area contributed by atoms with Crippen LogP contribution in [0.5, 0.6) is 0 Å². The summed E-state index contributed by atoms with van der Waals surface area (Å²) in [5, 5.41) is 0. The summed E-state index contributed by atoms with van der Waals surface area (Å²) in [4.78, 5) is 17.8. The van der Waals surface area contributed by atoms with Gasteiger partial charge in [-0.05, 0) is 43.2 Å². The quantitative estimate of drug-likeness (QED) is 0.729. The van der Waals surface area contributed by atoms with Gasteiger partial charge in [0, 0.05) is 13.1 Å². The molecule has 0 bridgehead atoms. The summed E-state index contributed by atoms with van der Waals surface area (Å²) in [6.07, 6.45) is 7.47. The van der Waals surface area contributed by atoms with Crippen molar-refractivity contribution in [3.05, 3.63) is 29.8 Å². The molecule has 102 valence electrons. The summed E-state index contributed by atoms with van der Waals surface area (Å²) < 4.78 is 13.1. The second-order valence-corrected chi connectivity index (χ2v) is 5.84. The summed E-state index contributed by atoms with van der Waals surface area (Å²) in [6, 6.07) is 4.39. The van der Waals surface area contributed by atoms with E-state index in [-0.39, 0.29) is 11.6 Å². The zero-order valence-corrected chi connectivity index (χ0v) is 11.1. The number of aromatic nitrogens is 1. The summed E-state index contributed by atoms with van der Waals surface area (Å²) in [6.45, 7) is 1.58.